The first-order valence-corrected chi connectivity index (χ1v) is 22.2. The second kappa shape index (κ2) is 34.0. The molecule has 0 saturated carbocycles. The molecule has 49 heavy (non-hydrogen) atoms. The molecule has 1 unspecified atom stereocenters. The van der Waals surface area contributed by atoms with Crippen LogP contribution in [-0.2, 0) is 14.4 Å². The van der Waals surface area contributed by atoms with E-state index in [9.17, 15) is 19.3 Å². The lowest BCUT2D eigenvalue weighted by molar-refractivity contribution is -0.861. The number of carbonyl (C=O) groups excluding carboxylic acids is 3. The molecular weight excluding hydrogens is 625 g/mol. The number of allylic oxidation sites excluding steroid dienone is 4. The summed E-state index contributed by atoms with van der Waals surface area (Å²) in [6.45, 7) is 4.73. The third-order valence-corrected chi connectivity index (χ3v) is 10.8. The summed E-state index contributed by atoms with van der Waals surface area (Å²) < 4.78 is 0.425. The van der Waals surface area contributed by atoms with Gasteiger partial charge >= 0.3 is 0 Å². The fourth-order valence-corrected chi connectivity index (χ4v) is 7.78. The second-order valence-corrected chi connectivity index (χ2v) is 17.2. The number of carbonyl (C=O) groups is 3. The molecule has 0 aromatic carbocycles. The number of unbranched alkanes of at least 4 members (excludes halogenated alkanes) is 22. The van der Waals surface area contributed by atoms with Gasteiger partial charge in [0.05, 0.1) is 27.1 Å². The number of hydrogen-bond acceptors (Lipinski definition) is 4. The Kier molecular flexibility index (Phi) is 33.2. The van der Waals surface area contributed by atoms with Gasteiger partial charge in [-0.1, -0.05) is 141 Å². The predicted octanol–water partition coefficient (Wildman–Crippen LogP) is 12.4. The van der Waals surface area contributed by atoms with Crippen LogP contribution in [0.1, 0.15) is 194 Å². The van der Waals surface area contributed by atoms with Crippen molar-refractivity contribution < 1.29 is 23.8 Å². The normalized spacial score (nSPS) is 12.9. The number of Topliss-reactive ketones (excluding diaryl/α,β-unsaturated/α-hetero) is 2. The van der Waals surface area contributed by atoms with Crippen LogP contribution < -0.4 is 0 Å². The van der Waals surface area contributed by atoms with Gasteiger partial charge in [-0.15, -0.1) is 0 Å². The van der Waals surface area contributed by atoms with Gasteiger partial charge < -0.3 is 9.38 Å². The molecule has 1 atom stereocenters. The molecule has 0 fully saturated rings. The zero-order chi connectivity index (χ0) is 36.4. The molecule has 0 aliphatic heterocycles. The van der Waals surface area contributed by atoms with E-state index in [2.05, 4.69) is 38.2 Å². The highest BCUT2D eigenvalue weighted by atomic mass is 31.1. The van der Waals surface area contributed by atoms with Gasteiger partial charge in [-0.05, 0) is 64.2 Å². The maximum atomic E-state index is 13.3. The second-order valence-electron chi connectivity index (χ2n) is 15.6. The van der Waals surface area contributed by atoms with Gasteiger partial charge in [0.25, 0.3) is 0 Å². The van der Waals surface area contributed by atoms with Crippen molar-refractivity contribution in [1.29, 1.82) is 0 Å². The van der Waals surface area contributed by atoms with E-state index in [-0.39, 0.29) is 29.8 Å². The zero-order valence-corrected chi connectivity index (χ0v) is 34.1. The van der Waals surface area contributed by atoms with Crippen LogP contribution in [0.3, 0.4) is 0 Å². The molecule has 0 spiro atoms. The Morgan fingerprint density at radius 2 is 0.816 bits per heavy atom. The Bertz CT molecular complexity index is 810. The lowest BCUT2D eigenvalue weighted by Gasteiger charge is -2.25. The number of hydrogen-bond donors (Lipinski definition) is 1. The largest absolute Gasteiger partial charge is 0.366 e. The molecule has 0 rings (SSSR count). The van der Waals surface area contributed by atoms with Gasteiger partial charge in [0.1, 0.15) is 26.3 Å². The molecule has 286 valence electrons. The van der Waals surface area contributed by atoms with Gasteiger partial charge in [0.15, 0.2) is 0 Å². The standard InChI is InChI=1S/C43H81NO4P/c1-6-8-10-12-14-16-18-20-22-24-26-28-30-32-34-36-41(45)40(39-49(48)43(47)38-44(3,4)5)42(46)37-35-33-31-29-27-25-23-21-19-17-15-13-11-9-7-2/h20-23,40,48H,6-19,24-39H2,1-5H3/q+1/b22-20-,23-21-. The number of quaternary nitrogens is 1. The average Bonchev–Trinajstić information content (AvgIpc) is 3.06. The molecule has 0 aliphatic rings. The minimum Gasteiger partial charge on any atom is -0.366 e. The van der Waals surface area contributed by atoms with Gasteiger partial charge in [-0.2, -0.15) is 0 Å². The lowest BCUT2D eigenvalue weighted by Crippen LogP contribution is -2.39. The smallest absolute Gasteiger partial charge is 0.234 e. The Labute approximate surface area is 306 Å². The summed E-state index contributed by atoms with van der Waals surface area (Å²) in [4.78, 5) is 50.0. The SMILES string of the molecule is CCCCCCCC/C=C\CCCCCCCC(=O)C(CP(O)C(=O)C[N+](C)(C)C)C(=O)CCCCCCC/C=C\CCCCCCCC. The Balaban J connectivity index is 4.40. The van der Waals surface area contributed by atoms with E-state index in [0.717, 1.165) is 64.2 Å². The van der Waals surface area contributed by atoms with Crippen LogP contribution in [0.4, 0.5) is 0 Å². The molecule has 0 radical (unpaired) electrons. The summed E-state index contributed by atoms with van der Waals surface area (Å²) in [5, 5.41) is 0. The number of nitrogens with zero attached hydrogens (tertiary/aromatic N) is 1. The lowest BCUT2D eigenvalue weighted by atomic mass is 9.93. The van der Waals surface area contributed by atoms with E-state index in [0.29, 0.717) is 17.3 Å². The van der Waals surface area contributed by atoms with Crippen LogP contribution in [0.2, 0.25) is 0 Å². The third kappa shape index (κ3) is 32.5. The molecule has 0 bridgehead atoms. The number of likely N-dealkylation sites (N-methyl/N-ethyl adjacent to an activating group) is 1. The molecule has 5 nitrogen and oxygen atoms in total. The van der Waals surface area contributed by atoms with Crippen LogP contribution in [0, 0.1) is 5.92 Å². The van der Waals surface area contributed by atoms with Gasteiger partial charge in [0.2, 0.25) is 5.52 Å². The Morgan fingerprint density at radius 1 is 0.510 bits per heavy atom. The number of ketones is 2. The van der Waals surface area contributed by atoms with E-state index in [1.807, 2.05) is 21.1 Å². The fourth-order valence-electron chi connectivity index (χ4n) is 6.23. The molecule has 0 heterocycles. The summed E-state index contributed by atoms with van der Waals surface area (Å²) in [6.07, 6.45) is 41.3. The topological polar surface area (TPSA) is 71.4 Å². The minimum absolute atomic E-state index is 0.00197. The average molecular weight is 707 g/mol. The van der Waals surface area contributed by atoms with Crippen LogP contribution >= 0.6 is 8.15 Å². The summed E-state index contributed by atoms with van der Waals surface area (Å²) >= 11 is 0. The van der Waals surface area contributed by atoms with Crippen molar-refractivity contribution in [3.8, 4) is 0 Å². The van der Waals surface area contributed by atoms with E-state index in [4.69, 9.17) is 0 Å². The third-order valence-electron chi connectivity index (χ3n) is 9.40. The van der Waals surface area contributed by atoms with Crippen LogP contribution in [0.15, 0.2) is 24.3 Å². The molecule has 0 amide bonds. The highest BCUT2D eigenvalue weighted by Crippen LogP contribution is 2.36. The van der Waals surface area contributed by atoms with E-state index < -0.39 is 14.1 Å². The quantitative estimate of drug-likeness (QED) is 0.0229. The summed E-state index contributed by atoms with van der Waals surface area (Å²) in [6, 6.07) is 0. The zero-order valence-electron chi connectivity index (χ0n) is 33.2. The maximum Gasteiger partial charge on any atom is 0.234 e. The molecule has 0 aliphatic carbocycles. The van der Waals surface area contributed by atoms with E-state index in [1.54, 1.807) is 0 Å². The first kappa shape index (κ1) is 47.8. The first-order valence-electron chi connectivity index (χ1n) is 20.8. The molecular formula is C43H81NO4P+. The van der Waals surface area contributed by atoms with Crippen molar-refractivity contribution in [1.82, 2.24) is 0 Å². The monoisotopic (exact) mass is 707 g/mol. The van der Waals surface area contributed by atoms with Crippen molar-refractivity contribution in [2.75, 3.05) is 33.8 Å². The van der Waals surface area contributed by atoms with Crippen LogP contribution in [0.25, 0.3) is 0 Å². The molecule has 0 aromatic rings. The van der Waals surface area contributed by atoms with Crippen LogP contribution in [-0.4, -0.2) is 60.3 Å². The molecule has 1 N–H and O–H groups in total. The molecule has 0 saturated heterocycles. The minimum atomic E-state index is -2.00. The van der Waals surface area contributed by atoms with E-state index >= 15 is 0 Å². The Morgan fingerprint density at radius 3 is 1.14 bits per heavy atom. The van der Waals surface area contributed by atoms with Gasteiger partial charge in [-0.3, -0.25) is 14.4 Å². The van der Waals surface area contributed by atoms with Crippen molar-refractivity contribution in [2.45, 2.75) is 194 Å². The highest BCUT2D eigenvalue weighted by Gasteiger charge is 2.32. The van der Waals surface area contributed by atoms with Crippen molar-refractivity contribution in [3.63, 3.8) is 0 Å². The molecule has 0 aromatic heterocycles. The maximum absolute atomic E-state index is 13.3. The predicted molar refractivity (Wildman–Crippen MR) is 214 cm³/mol. The number of rotatable bonds is 37. The summed E-state index contributed by atoms with van der Waals surface area (Å²) in [5.74, 6) is -0.981. The molecule has 6 heteroatoms. The van der Waals surface area contributed by atoms with Gasteiger partial charge in [-0.25, -0.2) is 0 Å². The van der Waals surface area contributed by atoms with Gasteiger partial charge in [0, 0.05) is 19.0 Å². The highest BCUT2D eigenvalue weighted by molar-refractivity contribution is 7.69. The van der Waals surface area contributed by atoms with Crippen molar-refractivity contribution in [3.05, 3.63) is 24.3 Å². The summed E-state index contributed by atoms with van der Waals surface area (Å²) in [5.41, 5.74) is -0.227. The fraction of sp³-hybridized carbons (Fsp3) is 0.837. The van der Waals surface area contributed by atoms with Crippen LogP contribution in [0.5, 0.6) is 0 Å². The summed E-state index contributed by atoms with van der Waals surface area (Å²) in [7, 11) is 3.74. The Hall–Kier alpha value is -1.16. The van der Waals surface area contributed by atoms with Crippen molar-refractivity contribution in [2.24, 2.45) is 5.92 Å². The van der Waals surface area contributed by atoms with E-state index in [1.165, 1.54) is 103 Å². The first-order chi connectivity index (χ1) is 23.6. The van der Waals surface area contributed by atoms with Crippen molar-refractivity contribution >= 4 is 25.2 Å².